The number of furan rings is 1. The van der Waals surface area contributed by atoms with Crippen molar-refractivity contribution in [2.75, 3.05) is 0 Å². The van der Waals surface area contributed by atoms with Crippen molar-refractivity contribution in [1.29, 1.82) is 0 Å². The van der Waals surface area contributed by atoms with Crippen LogP contribution in [0.5, 0.6) is 0 Å². The van der Waals surface area contributed by atoms with Gasteiger partial charge in [0.1, 0.15) is 11.2 Å². The molecule has 0 bridgehead atoms. The lowest BCUT2D eigenvalue weighted by Crippen LogP contribution is -1.95. The van der Waals surface area contributed by atoms with E-state index in [0.717, 1.165) is 66.3 Å². The van der Waals surface area contributed by atoms with Crippen molar-refractivity contribution in [2.45, 2.75) is 0 Å². The van der Waals surface area contributed by atoms with E-state index in [9.17, 15) is 0 Å². The monoisotopic (exact) mass is 668 g/mol. The molecule has 0 unspecified atom stereocenters. The van der Waals surface area contributed by atoms with Gasteiger partial charge in [-0.05, 0) is 59.7 Å². The summed E-state index contributed by atoms with van der Waals surface area (Å²) in [5.74, 6) is 0.645. The number of rotatable bonds is 3. The molecular weight excluding hydrogens is 645 g/mol. The normalized spacial score (nSPS) is 12.3. The van der Waals surface area contributed by atoms with Gasteiger partial charge in [0, 0.05) is 43.3 Å². The van der Waals surface area contributed by atoms with Crippen molar-refractivity contribution in [2.24, 2.45) is 0 Å². The maximum Gasteiger partial charge on any atom is 0.164 e. The molecule has 0 spiro atoms. The molecular formula is C45H24N4OS. The molecule has 236 valence electrons. The predicted octanol–water partition coefficient (Wildman–Crippen LogP) is 12.3. The minimum absolute atomic E-state index is 0.645. The molecule has 12 aromatic rings. The lowest BCUT2D eigenvalue weighted by atomic mass is 9.98. The van der Waals surface area contributed by atoms with Crippen molar-refractivity contribution < 1.29 is 4.42 Å². The van der Waals surface area contributed by atoms with Crippen LogP contribution in [0.15, 0.2) is 149 Å². The number of hydrogen-bond acceptors (Lipinski definition) is 5. The van der Waals surface area contributed by atoms with Gasteiger partial charge in [-0.2, -0.15) is 0 Å². The van der Waals surface area contributed by atoms with Crippen LogP contribution >= 0.6 is 11.3 Å². The van der Waals surface area contributed by atoms with Crippen molar-refractivity contribution >= 4 is 92.5 Å². The number of para-hydroxylation sites is 4. The predicted molar refractivity (Wildman–Crippen MR) is 211 cm³/mol. The van der Waals surface area contributed by atoms with Gasteiger partial charge in [0.15, 0.2) is 5.82 Å². The summed E-state index contributed by atoms with van der Waals surface area (Å²) in [4.78, 5) is 15.1. The molecule has 51 heavy (non-hydrogen) atoms. The van der Waals surface area contributed by atoms with Crippen LogP contribution in [0.3, 0.4) is 0 Å². The Hall–Kier alpha value is -6.63. The molecule has 0 aliphatic rings. The van der Waals surface area contributed by atoms with Gasteiger partial charge in [-0.3, -0.25) is 0 Å². The number of benzene rings is 7. The third-order valence-electron chi connectivity index (χ3n) is 10.5. The van der Waals surface area contributed by atoms with Gasteiger partial charge >= 0.3 is 0 Å². The standard InChI is InChI=1S/C45H24N4OS/c1-4-16-35-30(12-1)41(48-45(47-35)32-15-8-14-29-28-11-3-6-18-39(28)50-43(29)32)27-10-7-9-25(21-27)26-19-20-38-33(22-26)34-23-36-44(51-24-46-36)40-31-13-2-5-17-37(31)49(38)42(34)40/h1-24H. The van der Waals surface area contributed by atoms with Crippen LogP contribution in [0.25, 0.3) is 115 Å². The fraction of sp³-hybridized carbons (Fsp3) is 0. The Bertz CT molecular complexity index is 3390. The summed E-state index contributed by atoms with van der Waals surface area (Å²) in [6, 6.07) is 49.2. The van der Waals surface area contributed by atoms with Gasteiger partial charge in [-0.25, -0.2) is 15.0 Å². The highest BCUT2D eigenvalue weighted by molar-refractivity contribution is 7.18. The largest absolute Gasteiger partial charge is 0.455 e. The van der Waals surface area contributed by atoms with Gasteiger partial charge < -0.3 is 8.82 Å². The van der Waals surface area contributed by atoms with E-state index in [1.54, 1.807) is 11.3 Å². The zero-order valence-corrected chi connectivity index (χ0v) is 27.8. The SMILES string of the molecule is c1cc(-c2ccc3c(c2)c2cc4ncsc4c4c5ccccc5n3c24)cc(-c2nc(-c3cccc4c3oc3ccccc34)nc3ccccc23)c1. The zero-order chi connectivity index (χ0) is 33.2. The van der Waals surface area contributed by atoms with Crippen molar-refractivity contribution in [3.05, 3.63) is 145 Å². The van der Waals surface area contributed by atoms with E-state index < -0.39 is 0 Å². The Morgan fingerprint density at radius 1 is 0.529 bits per heavy atom. The molecule has 5 nitrogen and oxygen atoms in total. The molecule has 6 heteroatoms. The molecule has 0 aliphatic heterocycles. The van der Waals surface area contributed by atoms with Gasteiger partial charge in [0.25, 0.3) is 0 Å². The highest BCUT2D eigenvalue weighted by atomic mass is 32.1. The molecule has 0 atom stereocenters. The summed E-state index contributed by atoms with van der Waals surface area (Å²) in [6.07, 6.45) is 0. The second-order valence-corrected chi connectivity index (χ2v) is 14.1. The molecule has 7 aromatic carbocycles. The Morgan fingerprint density at radius 3 is 2.25 bits per heavy atom. The topological polar surface area (TPSA) is 56.2 Å². The number of nitrogens with zero attached hydrogens (tertiary/aromatic N) is 4. The molecule has 0 saturated carbocycles. The molecule has 0 fully saturated rings. The molecule has 0 radical (unpaired) electrons. The summed E-state index contributed by atoms with van der Waals surface area (Å²) < 4.78 is 10.1. The van der Waals surface area contributed by atoms with Crippen LogP contribution in [0.1, 0.15) is 0 Å². The Labute approximate surface area is 294 Å². The molecule has 0 N–H and O–H groups in total. The number of aromatic nitrogens is 4. The van der Waals surface area contributed by atoms with E-state index in [1.807, 2.05) is 29.8 Å². The quantitative estimate of drug-likeness (QED) is 0.188. The summed E-state index contributed by atoms with van der Waals surface area (Å²) in [7, 11) is 0. The third-order valence-corrected chi connectivity index (χ3v) is 11.3. The maximum absolute atomic E-state index is 6.40. The second-order valence-electron chi connectivity index (χ2n) is 13.2. The highest BCUT2D eigenvalue weighted by Crippen LogP contribution is 2.45. The summed E-state index contributed by atoms with van der Waals surface area (Å²) in [5.41, 5.74) is 14.4. The smallest absolute Gasteiger partial charge is 0.164 e. The first kappa shape index (κ1) is 27.2. The third kappa shape index (κ3) is 3.71. The van der Waals surface area contributed by atoms with Crippen LogP contribution < -0.4 is 0 Å². The number of hydrogen-bond donors (Lipinski definition) is 0. The minimum atomic E-state index is 0.645. The average molecular weight is 669 g/mol. The molecule has 0 saturated heterocycles. The van der Waals surface area contributed by atoms with E-state index in [1.165, 1.54) is 42.8 Å². The summed E-state index contributed by atoms with van der Waals surface area (Å²) in [6.45, 7) is 0. The summed E-state index contributed by atoms with van der Waals surface area (Å²) >= 11 is 1.72. The van der Waals surface area contributed by atoms with Crippen LogP contribution in [0, 0.1) is 0 Å². The van der Waals surface area contributed by atoms with Gasteiger partial charge in [-0.15, -0.1) is 11.3 Å². The molecule has 12 rings (SSSR count). The average Bonchev–Trinajstić information content (AvgIpc) is 3.96. The second kappa shape index (κ2) is 9.97. The lowest BCUT2D eigenvalue weighted by molar-refractivity contribution is 0.669. The Balaban J connectivity index is 1.06. The van der Waals surface area contributed by atoms with Crippen molar-refractivity contribution in [1.82, 2.24) is 19.4 Å². The Kier molecular flexibility index (Phi) is 5.32. The van der Waals surface area contributed by atoms with E-state index in [-0.39, 0.29) is 0 Å². The van der Waals surface area contributed by atoms with Gasteiger partial charge in [0.05, 0.1) is 49.1 Å². The van der Waals surface area contributed by atoms with Crippen molar-refractivity contribution in [3.63, 3.8) is 0 Å². The fourth-order valence-corrected chi connectivity index (χ4v) is 9.07. The molecule has 0 aliphatic carbocycles. The number of thiazole rings is 1. The van der Waals surface area contributed by atoms with Crippen LogP contribution in [0.4, 0.5) is 0 Å². The number of fused-ring (bicyclic) bond motifs is 12. The highest BCUT2D eigenvalue weighted by Gasteiger charge is 2.22. The van der Waals surface area contributed by atoms with Crippen LogP contribution in [0.2, 0.25) is 0 Å². The van der Waals surface area contributed by atoms with Gasteiger partial charge in [0.2, 0.25) is 0 Å². The zero-order valence-electron chi connectivity index (χ0n) is 27.0. The first-order chi connectivity index (χ1) is 25.3. The molecule has 5 heterocycles. The van der Waals surface area contributed by atoms with E-state index in [2.05, 4.69) is 120 Å². The van der Waals surface area contributed by atoms with Crippen LogP contribution in [-0.2, 0) is 0 Å². The Morgan fingerprint density at radius 2 is 1.29 bits per heavy atom. The lowest BCUT2D eigenvalue weighted by Gasteiger charge is -2.11. The fourth-order valence-electron chi connectivity index (χ4n) is 8.24. The molecule has 0 amide bonds. The minimum Gasteiger partial charge on any atom is -0.455 e. The maximum atomic E-state index is 6.40. The first-order valence-corrected chi connectivity index (χ1v) is 17.9. The van der Waals surface area contributed by atoms with E-state index >= 15 is 0 Å². The van der Waals surface area contributed by atoms with E-state index in [4.69, 9.17) is 19.4 Å². The first-order valence-electron chi connectivity index (χ1n) is 17.0. The van der Waals surface area contributed by atoms with Crippen LogP contribution in [-0.4, -0.2) is 19.4 Å². The van der Waals surface area contributed by atoms with E-state index in [0.29, 0.717) is 5.82 Å². The summed E-state index contributed by atoms with van der Waals surface area (Å²) in [5, 5.41) is 8.20. The molecule has 5 aromatic heterocycles. The van der Waals surface area contributed by atoms with Crippen molar-refractivity contribution in [3.8, 4) is 33.8 Å². The van der Waals surface area contributed by atoms with Gasteiger partial charge in [-0.1, -0.05) is 91.0 Å².